The molecular weight excluding hydrogens is 384 g/mol. The van der Waals surface area contributed by atoms with Crippen LogP contribution in [0.3, 0.4) is 0 Å². The molecule has 3 heterocycles. The molecule has 1 aromatic carbocycles. The highest BCUT2D eigenvalue weighted by atomic mass is 32.2. The van der Waals surface area contributed by atoms with E-state index in [0.29, 0.717) is 23.1 Å². The van der Waals surface area contributed by atoms with E-state index in [-0.39, 0.29) is 24.5 Å². The molecule has 8 heteroatoms. The standard InChI is InChI=1S/C20H17F2N3O2S/c1-28-11-12-6-19-24-18-9-15(16(22)10-23-18)14-3-2-13(21)8-17(14)26-4-5-27-20(7-12)25-19/h2-3,6-10H,4-5,11H2,1H3,(H,23,24,25). The molecule has 0 saturated carbocycles. The first-order chi connectivity index (χ1) is 13.6. The summed E-state index contributed by atoms with van der Waals surface area (Å²) in [6.45, 7) is 0.372. The number of nitrogens with zero attached hydrogens (tertiary/aromatic N) is 2. The highest BCUT2D eigenvalue weighted by Gasteiger charge is 2.15. The lowest BCUT2D eigenvalue weighted by atomic mass is 10.0. The second kappa shape index (κ2) is 8.02. The van der Waals surface area contributed by atoms with Crippen molar-refractivity contribution >= 4 is 23.4 Å². The predicted molar refractivity (Wildman–Crippen MR) is 105 cm³/mol. The lowest BCUT2D eigenvalue weighted by Gasteiger charge is -2.13. The molecule has 4 rings (SSSR count). The van der Waals surface area contributed by atoms with Gasteiger partial charge in [0.15, 0.2) is 0 Å². The molecule has 1 aliphatic rings. The zero-order valence-corrected chi connectivity index (χ0v) is 15.9. The Morgan fingerprint density at radius 2 is 1.89 bits per heavy atom. The summed E-state index contributed by atoms with van der Waals surface area (Å²) >= 11 is 1.68. The van der Waals surface area contributed by atoms with E-state index in [1.165, 1.54) is 18.2 Å². The lowest BCUT2D eigenvalue weighted by molar-refractivity contribution is 0.212. The first kappa shape index (κ1) is 18.5. The highest BCUT2D eigenvalue weighted by molar-refractivity contribution is 7.97. The highest BCUT2D eigenvalue weighted by Crippen LogP contribution is 2.34. The zero-order valence-electron chi connectivity index (χ0n) is 15.0. The van der Waals surface area contributed by atoms with Crippen molar-refractivity contribution in [2.45, 2.75) is 5.75 Å². The maximum absolute atomic E-state index is 14.5. The Balaban J connectivity index is 1.81. The Morgan fingerprint density at radius 1 is 1.04 bits per heavy atom. The summed E-state index contributed by atoms with van der Waals surface area (Å²) in [7, 11) is 0. The van der Waals surface area contributed by atoms with E-state index in [2.05, 4.69) is 15.3 Å². The van der Waals surface area contributed by atoms with E-state index in [4.69, 9.17) is 9.47 Å². The lowest BCUT2D eigenvalue weighted by Crippen LogP contribution is -2.10. The average Bonchev–Trinajstić information content (AvgIpc) is 2.67. The molecule has 1 N–H and O–H groups in total. The van der Waals surface area contributed by atoms with Crippen LogP contribution in [0.25, 0.3) is 11.1 Å². The molecule has 0 unspecified atom stereocenters. The molecule has 5 nitrogen and oxygen atoms in total. The van der Waals surface area contributed by atoms with Gasteiger partial charge < -0.3 is 14.8 Å². The number of aromatic nitrogens is 2. The van der Waals surface area contributed by atoms with Crippen molar-refractivity contribution in [3.8, 4) is 22.8 Å². The molecule has 0 radical (unpaired) electrons. The molecule has 0 amide bonds. The summed E-state index contributed by atoms with van der Waals surface area (Å²) in [5.41, 5.74) is 1.72. The molecule has 0 saturated heterocycles. The maximum atomic E-state index is 14.5. The van der Waals surface area contributed by atoms with Crippen LogP contribution in [0.5, 0.6) is 11.6 Å². The zero-order chi connectivity index (χ0) is 19.5. The number of rotatable bonds is 2. The van der Waals surface area contributed by atoms with E-state index in [1.54, 1.807) is 17.8 Å². The second-order valence-electron chi connectivity index (χ2n) is 6.14. The summed E-state index contributed by atoms with van der Waals surface area (Å²) in [4.78, 5) is 8.52. The molecule has 144 valence electrons. The normalized spacial score (nSPS) is 13.0. The van der Waals surface area contributed by atoms with Crippen molar-refractivity contribution in [1.29, 1.82) is 0 Å². The minimum atomic E-state index is -0.530. The minimum Gasteiger partial charge on any atom is -0.489 e. The molecule has 0 aliphatic carbocycles. The molecule has 3 aromatic rings. The molecule has 0 spiro atoms. The van der Waals surface area contributed by atoms with Gasteiger partial charge in [0.05, 0.1) is 6.20 Å². The van der Waals surface area contributed by atoms with Gasteiger partial charge >= 0.3 is 0 Å². The van der Waals surface area contributed by atoms with Crippen LogP contribution in [0.1, 0.15) is 5.56 Å². The Morgan fingerprint density at radius 3 is 2.75 bits per heavy atom. The van der Waals surface area contributed by atoms with Gasteiger partial charge in [-0.25, -0.2) is 13.8 Å². The van der Waals surface area contributed by atoms with Crippen molar-refractivity contribution in [2.24, 2.45) is 0 Å². The molecule has 28 heavy (non-hydrogen) atoms. The number of hydrogen-bond acceptors (Lipinski definition) is 6. The molecular formula is C20H17F2N3O2S. The van der Waals surface area contributed by atoms with Crippen molar-refractivity contribution < 1.29 is 18.3 Å². The number of halogens is 2. The van der Waals surface area contributed by atoms with Crippen molar-refractivity contribution in [2.75, 3.05) is 24.8 Å². The van der Waals surface area contributed by atoms with Gasteiger partial charge in [0.1, 0.15) is 42.2 Å². The fourth-order valence-corrected chi connectivity index (χ4v) is 3.43. The molecule has 0 atom stereocenters. The van der Waals surface area contributed by atoms with Gasteiger partial charge in [-0.1, -0.05) is 0 Å². The Bertz CT molecular complexity index is 1020. The monoisotopic (exact) mass is 401 g/mol. The molecule has 0 fully saturated rings. The summed E-state index contributed by atoms with van der Waals surface area (Å²) < 4.78 is 39.6. The van der Waals surface area contributed by atoms with Gasteiger partial charge in [0.25, 0.3) is 0 Å². The van der Waals surface area contributed by atoms with Crippen LogP contribution in [0.2, 0.25) is 0 Å². The van der Waals surface area contributed by atoms with Gasteiger partial charge in [0, 0.05) is 29.0 Å². The largest absolute Gasteiger partial charge is 0.489 e. The van der Waals surface area contributed by atoms with Crippen LogP contribution in [-0.2, 0) is 5.75 Å². The average molecular weight is 401 g/mol. The van der Waals surface area contributed by atoms with Crippen molar-refractivity contribution in [3.05, 3.63) is 59.8 Å². The van der Waals surface area contributed by atoms with Crippen LogP contribution >= 0.6 is 11.8 Å². The summed E-state index contributed by atoms with van der Waals surface area (Å²) in [6, 6.07) is 9.30. The molecule has 2 aromatic heterocycles. The summed E-state index contributed by atoms with van der Waals surface area (Å²) in [5, 5.41) is 3.10. The van der Waals surface area contributed by atoms with Crippen molar-refractivity contribution in [1.82, 2.24) is 9.97 Å². The van der Waals surface area contributed by atoms with Crippen molar-refractivity contribution in [3.63, 3.8) is 0 Å². The summed E-state index contributed by atoms with van der Waals surface area (Å²) in [6.07, 6.45) is 3.13. The second-order valence-corrected chi connectivity index (χ2v) is 7.01. The Hall–Kier alpha value is -2.87. The van der Waals surface area contributed by atoms with Gasteiger partial charge in [-0.2, -0.15) is 16.7 Å². The first-order valence-corrected chi connectivity index (χ1v) is 10.00. The number of pyridine rings is 2. The van der Waals surface area contributed by atoms with E-state index >= 15 is 0 Å². The van der Waals surface area contributed by atoms with Crippen LogP contribution in [-0.4, -0.2) is 29.4 Å². The van der Waals surface area contributed by atoms with Crippen LogP contribution in [0.15, 0.2) is 42.6 Å². The topological polar surface area (TPSA) is 56.3 Å². The Labute approximate surface area is 165 Å². The number of hydrogen-bond donors (Lipinski definition) is 1. The number of anilines is 2. The quantitative estimate of drug-likeness (QED) is 0.666. The number of ether oxygens (including phenoxy) is 2. The van der Waals surface area contributed by atoms with E-state index in [9.17, 15) is 8.78 Å². The molecule has 4 bridgehead atoms. The minimum absolute atomic E-state index is 0.160. The third-order valence-electron chi connectivity index (χ3n) is 4.11. The maximum Gasteiger partial charge on any atom is 0.215 e. The van der Waals surface area contributed by atoms with Gasteiger partial charge in [0.2, 0.25) is 5.88 Å². The predicted octanol–water partition coefficient (Wildman–Crippen LogP) is 4.80. The number of benzene rings is 1. The van der Waals surface area contributed by atoms with Gasteiger partial charge in [-0.3, -0.25) is 0 Å². The fourth-order valence-electron chi connectivity index (χ4n) is 2.93. The summed E-state index contributed by atoms with van der Waals surface area (Å²) in [5.74, 6) is 1.43. The molecule has 1 aliphatic heterocycles. The van der Waals surface area contributed by atoms with Gasteiger partial charge in [-0.05, 0) is 36.1 Å². The van der Waals surface area contributed by atoms with Crippen LogP contribution < -0.4 is 14.8 Å². The van der Waals surface area contributed by atoms with Crippen LogP contribution in [0.4, 0.5) is 20.4 Å². The Kier molecular flexibility index (Phi) is 5.29. The third kappa shape index (κ3) is 4.01. The third-order valence-corrected chi connectivity index (χ3v) is 4.73. The fraction of sp³-hybridized carbons (Fsp3) is 0.200. The number of fused-ring (bicyclic) bond motifs is 6. The van der Waals surface area contributed by atoms with Gasteiger partial charge in [-0.15, -0.1) is 0 Å². The number of nitrogens with one attached hydrogen (secondary N) is 1. The van der Waals surface area contributed by atoms with E-state index in [1.807, 2.05) is 18.4 Å². The number of thioether (sulfide) groups is 1. The van der Waals surface area contributed by atoms with Crippen LogP contribution in [0, 0.1) is 11.6 Å². The smallest absolute Gasteiger partial charge is 0.215 e. The van der Waals surface area contributed by atoms with E-state index in [0.717, 1.165) is 17.5 Å². The SMILES string of the molecule is CSCc1cc2nc(c1)OCCOc1cc(F)ccc1-c1cc(ncc1F)N2. The first-order valence-electron chi connectivity index (χ1n) is 8.60. The van der Waals surface area contributed by atoms with E-state index < -0.39 is 11.6 Å².